The number of fused-ring (bicyclic) bond motifs is 1. The lowest BCUT2D eigenvalue weighted by Gasteiger charge is -2.47. The number of aromatic nitrogens is 1. The first-order valence-electron chi connectivity index (χ1n) is 10.7. The minimum atomic E-state index is -0.628. The van der Waals surface area contributed by atoms with Crippen molar-refractivity contribution in [3.63, 3.8) is 0 Å². The summed E-state index contributed by atoms with van der Waals surface area (Å²) >= 11 is 0. The van der Waals surface area contributed by atoms with E-state index in [1.54, 1.807) is 9.47 Å². The highest BCUT2D eigenvalue weighted by molar-refractivity contribution is 5.95. The van der Waals surface area contributed by atoms with Gasteiger partial charge in [0.1, 0.15) is 5.56 Å². The number of hydrogen-bond donors (Lipinski definition) is 1. The molecule has 2 aliphatic heterocycles. The number of piperidine rings is 1. The minimum absolute atomic E-state index is 0.0503. The van der Waals surface area contributed by atoms with E-state index in [2.05, 4.69) is 0 Å². The average molecular weight is 389 g/mol. The number of aliphatic hydroxyl groups is 1. The number of carbonyl (C=O) groups is 1. The third-order valence-electron chi connectivity index (χ3n) is 7.04. The summed E-state index contributed by atoms with van der Waals surface area (Å²) in [7, 11) is 0. The van der Waals surface area contributed by atoms with Crippen LogP contribution in [0.5, 0.6) is 0 Å². The predicted octanol–water partition coefficient (Wildman–Crippen LogP) is 2.41. The average Bonchev–Trinajstić information content (AvgIpc) is 3.17. The molecule has 0 spiro atoms. The standard InChI is InChI=1S/C22H32N2O4/c1-15-12-16(2)24(14-18-7-5-11-28-18)21(26)19(15)20(25)23-10-9-22(27)8-4-3-6-17(22)13-23/h12,17-18,27H,3-11,13-14H2,1-2H3/t17-,18+,22-/m1/s1. The monoisotopic (exact) mass is 388 g/mol. The van der Waals surface area contributed by atoms with Crippen LogP contribution in [0.15, 0.2) is 10.9 Å². The molecule has 0 radical (unpaired) electrons. The number of carbonyl (C=O) groups excluding carboxylic acids is 1. The summed E-state index contributed by atoms with van der Waals surface area (Å²) < 4.78 is 7.41. The van der Waals surface area contributed by atoms with Crippen LogP contribution in [-0.4, -0.2) is 51.9 Å². The van der Waals surface area contributed by atoms with E-state index < -0.39 is 5.60 Å². The van der Waals surface area contributed by atoms with Gasteiger partial charge in [-0.2, -0.15) is 0 Å². The number of nitrogens with zero attached hydrogens (tertiary/aromatic N) is 2. The molecule has 1 aromatic heterocycles. The maximum Gasteiger partial charge on any atom is 0.263 e. The number of hydrogen-bond acceptors (Lipinski definition) is 4. The zero-order chi connectivity index (χ0) is 19.9. The van der Waals surface area contributed by atoms with Crippen molar-refractivity contribution in [3.05, 3.63) is 33.2 Å². The molecule has 1 aromatic rings. The SMILES string of the molecule is Cc1cc(C)n(C[C@@H]2CCCO2)c(=O)c1C(=O)N1CC[C@]2(O)CCCC[C@@H]2C1. The summed E-state index contributed by atoms with van der Waals surface area (Å²) in [4.78, 5) is 28.4. The molecule has 1 N–H and O–H groups in total. The van der Waals surface area contributed by atoms with Gasteiger partial charge in [0, 0.05) is 31.3 Å². The van der Waals surface area contributed by atoms with E-state index in [1.165, 1.54) is 0 Å². The molecule has 3 aliphatic rings. The molecule has 4 rings (SSSR count). The van der Waals surface area contributed by atoms with Gasteiger partial charge in [0.05, 0.1) is 18.2 Å². The van der Waals surface area contributed by atoms with Crippen LogP contribution in [-0.2, 0) is 11.3 Å². The molecular formula is C22H32N2O4. The Balaban J connectivity index is 1.59. The van der Waals surface area contributed by atoms with Crippen molar-refractivity contribution in [2.24, 2.45) is 5.92 Å². The van der Waals surface area contributed by atoms with Crippen molar-refractivity contribution >= 4 is 5.91 Å². The fourth-order valence-electron chi connectivity index (χ4n) is 5.32. The molecule has 0 bridgehead atoms. The molecule has 1 saturated carbocycles. The van der Waals surface area contributed by atoms with Crippen LogP contribution in [0.1, 0.15) is 66.6 Å². The van der Waals surface area contributed by atoms with Crippen molar-refractivity contribution in [2.45, 2.75) is 77.0 Å². The number of ether oxygens (including phenoxy) is 1. The van der Waals surface area contributed by atoms with Gasteiger partial charge in [0.15, 0.2) is 0 Å². The van der Waals surface area contributed by atoms with Crippen molar-refractivity contribution in [1.82, 2.24) is 9.47 Å². The highest BCUT2D eigenvalue weighted by atomic mass is 16.5. The summed E-state index contributed by atoms with van der Waals surface area (Å²) in [6.45, 7) is 6.08. The Hall–Kier alpha value is -1.66. The van der Waals surface area contributed by atoms with Crippen molar-refractivity contribution in [1.29, 1.82) is 0 Å². The molecule has 3 heterocycles. The molecule has 154 valence electrons. The smallest absolute Gasteiger partial charge is 0.263 e. The van der Waals surface area contributed by atoms with Crippen LogP contribution in [0, 0.1) is 19.8 Å². The van der Waals surface area contributed by atoms with E-state index in [4.69, 9.17) is 4.74 Å². The molecule has 1 aliphatic carbocycles. The number of rotatable bonds is 3. The molecule has 0 unspecified atom stereocenters. The normalized spacial score (nSPS) is 30.3. The highest BCUT2D eigenvalue weighted by Crippen LogP contribution is 2.40. The molecule has 3 fully saturated rings. The summed E-state index contributed by atoms with van der Waals surface area (Å²) in [5, 5.41) is 10.9. The minimum Gasteiger partial charge on any atom is -0.389 e. The summed E-state index contributed by atoms with van der Waals surface area (Å²) in [6, 6.07) is 1.93. The van der Waals surface area contributed by atoms with Crippen LogP contribution in [0.3, 0.4) is 0 Å². The van der Waals surface area contributed by atoms with E-state index in [0.717, 1.165) is 56.4 Å². The molecule has 3 atom stereocenters. The molecular weight excluding hydrogens is 356 g/mol. The van der Waals surface area contributed by atoms with Gasteiger partial charge in [0.25, 0.3) is 11.5 Å². The molecule has 1 amide bonds. The zero-order valence-electron chi connectivity index (χ0n) is 17.1. The van der Waals surface area contributed by atoms with E-state index in [0.29, 0.717) is 26.1 Å². The first-order valence-corrected chi connectivity index (χ1v) is 10.7. The molecule has 6 heteroatoms. The maximum absolute atomic E-state index is 13.3. The van der Waals surface area contributed by atoms with Gasteiger partial charge in [-0.25, -0.2) is 0 Å². The molecule has 6 nitrogen and oxygen atoms in total. The number of likely N-dealkylation sites (tertiary alicyclic amines) is 1. The van der Waals surface area contributed by atoms with Crippen LogP contribution in [0.4, 0.5) is 0 Å². The van der Waals surface area contributed by atoms with Gasteiger partial charge in [0.2, 0.25) is 0 Å². The van der Waals surface area contributed by atoms with Gasteiger partial charge in [-0.3, -0.25) is 9.59 Å². The third kappa shape index (κ3) is 3.52. The van der Waals surface area contributed by atoms with E-state index in [9.17, 15) is 14.7 Å². The summed E-state index contributed by atoms with van der Waals surface area (Å²) in [5.41, 5.74) is 1.06. The Morgan fingerprint density at radius 1 is 1.25 bits per heavy atom. The van der Waals surface area contributed by atoms with Crippen molar-refractivity contribution < 1.29 is 14.6 Å². The Morgan fingerprint density at radius 2 is 2.07 bits per heavy atom. The van der Waals surface area contributed by atoms with Crippen LogP contribution in [0.2, 0.25) is 0 Å². The second-order valence-corrected chi connectivity index (χ2v) is 8.94. The van der Waals surface area contributed by atoms with Gasteiger partial charge < -0.3 is 19.3 Å². The van der Waals surface area contributed by atoms with E-state index >= 15 is 0 Å². The third-order valence-corrected chi connectivity index (χ3v) is 7.04. The van der Waals surface area contributed by atoms with E-state index in [-0.39, 0.29) is 29.1 Å². The number of aryl methyl sites for hydroxylation is 2. The fourth-order valence-corrected chi connectivity index (χ4v) is 5.32. The number of amides is 1. The lowest BCUT2D eigenvalue weighted by molar-refractivity contribution is -0.0886. The quantitative estimate of drug-likeness (QED) is 0.863. The Kier molecular flexibility index (Phi) is 5.36. The Bertz CT molecular complexity index is 811. The Labute approximate surface area is 166 Å². The molecule has 2 saturated heterocycles. The summed E-state index contributed by atoms with van der Waals surface area (Å²) in [6.07, 6.45) is 6.59. The van der Waals surface area contributed by atoms with Crippen molar-refractivity contribution in [2.75, 3.05) is 19.7 Å². The van der Waals surface area contributed by atoms with Gasteiger partial charge >= 0.3 is 0 Å². The zero-order valence-corrected chi connectivity index (χ0v) is 17.1. The van der Waals surface area contributed by atoms with Crippen LogP contribution >= 0.6 is 0 Å². The fraction of sp³-hybridized carbons (Fsp3) is 0.727. The highest BCUT2D eigenvalue weighted by Gasteiger charge is 2.44. The van der Waals surface area contributed by atoms with Gasteiger partial charge in [-0.15, -0.1) is 0 Å². The molecule has 0 aromatic carbocycles. The first-order chi connectivity index (χ1) is 13.4. The lowest BCUT2D eigenvalue weighted by atomic mass is 9.71. The van der Waals surface area contributed by atoms with Crippen molar-refractivity contribution in [3.8, 4) is 0 Å². The largest absolute Gasteiger partial charge is 0.389 e. The number of pyridine rings is 1. The second kappa shape index (κ2) is 7.64. The second-order valence-electron chi connectivity index (χ2n) is 8.94. The predicted molar refractivity (Wildman–Crippen MR) is 107 cm³/mol. The Morgan fingerprint density at radius 3 is 2.82 bits per heavy atom. The topological polar surface area (TPSA) is 71.8 Å². The van der Waals surface area contributed by atoms with Gasteiger partial charge in [-0.05, 0) is 57.6 Å². The first kappa shape index (κ1) is 19.6. The lowest BCUT2D eigenvalue weighted by Crippen LogP contribution is -2.55. The van der Waals surface area contributed by atoms with Crippen LogP contribution in [0.25, 0.3) is 0 Å². The van der Waals surface area contributed by atoms with Crippen LogP contribution < -0.4 is 5.56 Å². The molecule has 28 heavy (non-hydrogen) atoms. The van der Waals surface area contributed by atoms with Gasteiger partial charge in [-0.1, -0.05) is 12.8 Å². The maximum atomic E-state index is 13.3. The summed E-state index contributed by atoms with van der Waals surface area (Å²) in [5.74, 6) is -0.0602. The van der Waals surface area contributed by atoms with E-state index in [1.807, 2.05) is 19.9 Å².